The molecule has 0 unspecified atom stereocenters. The molecule has 2 heterocycles. The van der Waals surface area contributed by atoms with Crippen LogP contribution in [0.15, 0.2) is 69.3 Å². The number of para-hydroxylation sites is 1. The van der Waals surface area contributed by atoms with E-state index in [1.807, 2.05) is 6.07 Å². The highest BCUT2D eigenvalue weighted by Crippen LogP contribution is 2.25. The van der Waals surface area contributed by atoms with E-state index < -0.39 is 5.82 Å². The number of nitrogens with zero attached hydrogens (tertiary/aromatic N) is 4. The van der Waals surface area contributed by atoms with Crippen LogP contribution in [-0.2, 0) is 9.59 Å². The number of nitrogens with one attached hydrogen (secondary N) is 1. The molecule has 0 saturated carbocycles. The highest BCUT2D eigenvalue weighted by molar-refractivity contribution is 7.99. The van der Waals surface area contributed by atoms with Crippen molar-refractivity contribution in [2.75, 3.05) is 10.8 Å². The van der Waals surface area contributed by atoms with Crippen molar-refractivity contribution in [1.82, 2.24) is 15.5 Å². The highest BCUT2D eigenvalue weighted by atomic mass is 32.2. The number of thioether (sulfide) groups is 1. The number of carbonyl (C=O) groups excluding carboxylic acids is 2. The van der Waals surface area contributed by atoms with Crippen LogP contribution in [0.3, 0.4) is 0 Å². The molecule has 0 bridgehead atoms. The third-order valence-electron chi connectivity index (χ3n) is 3.90. The van der Waals surface area contributed by atoms with E-state index in [4.69, 9.17) is 4.42 Å². The summed E-state index contributed by atoms with van der Waals surface area (Å²) < 4.78 is 19.2. The lowest BCUT2D eigenvalue weighted by molar-refractivity contribution is -0.117. The second-order valence-electron chi connectivity index (χ2n) is 5.95. The Bertz CT molecular complexity index is 1090. The van der Waals surface area contributed by atoms with Crippen LogP contribution in [0, 0.1) is 5.82 Å². The molecule has 0 spiro atoms. The third-order valence-corrected chi connectivity index (χ3v) is 4.72. The van der Waals surface area contributed by atoms with E-state index in [0.29, 0.717) is 5.69 Å². The van der Waals surface area contributed by atoms with Gasteiger partial charge in [-0.2, -0.15) is 10.1 Å². The molecule has 1 aliphatic heterocycles. The first kappa shape index (κ1) is 18.8. The van der Waals surface area contributed by atoms with E-state index in [1.165, 1.54) is 17.1 Å². The molecule has 0 atom stereocenters. The molecular formula is C19H14FN5O3S. The van der Waals surface area contributed by atoms with E-state index >= 15 is 0 Å². The summed E-state index contributed by atoms with van der Waals surface area (Å²) in [6, 6.07) is 15.0. The predicted molar refractivity (Wildman–Crippen MR) is 105 cm³/mol. The smallest absolute Gasteiger partial charge is 0.277 e. The van der Waals surface area contributed by atoms with Crippen LogP contribution in [0.5, 0.6) is 0 Å². The quantitative estimate of drug-likeness (QED) is 0.648. The highest BCUT2D eigenvalue weighted by Gasteiger charge is 2.26. The van der Waals surface area contributed by atoms with E-state index in [9.17, 15) is 14.0 Å². The SMILES string of the molecule is O=C(CSc1nnc(-c2ccccc2F)o1)NC1=NN(c2ccccc2)C(=O)C1. The van der Waals surface area contributed by atoms with Crippen LogP contribution in [0.2, 0.25) is 0 Å². The molecule has 29 heavy (non-hydrogen) atoms. The van der Waals surface area contributed by atoms with Gasteiger partial charge in [0.15, 0.2) is 0 Å². The normalized spacial score (nSPS) is 13.5. The molecule has 8 nitrogen and oxygen atoms in total. The molecule has 3 aromatic rings. The molecule has 0 radical (unpaired) electrons. The number of amides is 2. The molecule has 0 aliphatic carbocycles. The molecular weight excluding hydrogens is 397 g/mol. The number of carbonyl (C=O) groups is 2. The number of anilines is 1. The Morgan fingerprint density at radius 1 is 1.14 bits per heavy atom. The van der Waals surface area contributed by atoms with Crippen LogP contribution < -0.4 is 10.3 Å². The fraction of sp³-hybridized carbons (Fsp3) is 0.105. The summed E-state index contributed by atoms with van der Waals surface area (Å²) in [5, 5.41) is 15.7. The van der Waals surface area contributed by atoms with Crippen molar-refractivity contribution in [3.8, 4) is 11.5 Å². The number of hydrogen-bond acceptors (Lipinski definition) is 7. The Labute approximate surface area is 168 Å². The molecule has 0 fully saturated rings. The number of hydrazone groups is 1. The molecule has 2 aromatic carbocycles. The van der Waals surface area contributed by atoms with Crippen molar-refractivity contribution in [1.29, 1.82) is 0 Å². The molecule has 1 aromatic heterocycles. The maximum absolute atomic E-state index is 13.8. The average molecular weight is 411 g/mol. The Kier molecular flexibility index (Phi) is 5.34. The summed E-state index contributed by atoms with van der Waals surface area (Å²) in [7, 11) is 0. The van der Waals surface area contributed by atoms with Crippen LogP contribution in [0.25, 0.3) is 11.5 Å². The maximum atomic E-state index is 13.8. The van der Waals surface area contributed by atoms with E-state index in [0.717, 1.165) is 11.8 Å². The number of hydrogen-bond donors (Lipinski definition) is 1. The van der Waals surface area contributed by atoms with Gasteiger partial charge >= 0.3 is 0 Å². The molecule has 1 N–H and O–H groups in total. The second kappa shape index (κ2) is 8.23. The van der Waals surface area contributed by atoms with Crippen LogP contribution in [-0.4, -0.2) is 33.6 Å². The Balaban J connectivity index is 1.34. The number of halogens is 1. The van der Waals surface area contributed by atoms with Crippen LogP contribution >= 0.6 is 11.8 Å². The zero-order chi connectivity index (χ0) is 20.2. The van der Waals surface area contributed by atoms with Gasteiger partial charge in [0.1, 0.15) is 11.7 Å². The topological polar surface area (TPSA) is 101 Å². The zero-order valence-electron chi connectivity index (χ0n) is 14.9. The van der Waals surface area contributed by atoms with Gasteiger partial charge in [-0.3, -0.25) is 9.59 Å². The molecule has 10 heteroatoms. The minimum absolute atomic E-state index is 0.00326. The molecule has 4 rings (SSSR count). The van der Waals surface area contributed by atoms with Crippen molar-refractivity contribution in [2.45, 2.75) is 11.6 Å². The zero-order valence-corrected chi connectivity index (χ0v) is 15.7. The van der Waals surface area contributed by atoms with Gasteiger partial charge in [-0.1, -0.05) is 42.1 Å². The van der Waals surface area contributed by atoms with Crippen LogP contribution in [0.4, 0.5) is 10.1 Å². The van der Waals surface area contributed by atoms with Crippen molar-refractivity contribution < 1.29 is 18.4 Å². The average Bonchev–Trinajstić information content (AvgIpc) is 3.34. The Morgan fingerprint density at radius 2 is 1.90 bits per heavy atom. The van der Waals surface area contributed by atoms with Gasteiger partial charge in [-0.15, -0.1) is 10.2 Å². The fourth-order valence-corrected chi connectivity index (χ4v) is 3.17. The number of aromatic nitrogens is 2. The number of amidine groups is 1. The van der Waals surface area contributed by atoms with Crippen molar-refractivity contribution >= 4 is 35.1 Å². The lowest BCUT2D eigenvalue weighted by atomic mass is 10.2. The van der Waals surface area contributed by atoms with Gasteiger partial charge in [0.2, 0.25) is 5.91 Å². The van der Waals surface area contributed by atoms with Crippen molar-refractivity contribution in [3.63, 3.8) is 0 Å². The molecule has 2 amide bonds. The van der Waals surface area contributed by atoms with E-state index in [1.54, 1.807) is 36.4 Å². The van der Waals surface area contributed by atoms with Gasteiger partial charge in [0.25, 0.3) is 17.0 Å². The molecule has 0 saturated heterocycles. The Hall–Kier alpha value is -3.53. The van der Waals surface area contributed by atoms with Crippen molar-refractivity contribution in [3.05, 3.63) is 60.4 Å². The lowest BCUT2D eigenvalue weighted by Gasteiger charge is -2.10. The maximum Gasteiger partial charge on any atom is 0.277 e. The number of benzene rings is 2. The van der Waals surface area contributed by atoms with Gasteiger partial charge in [-0.05, 0) is 24.3 Å². The van der Waals surface area contributed by atoms with Gasteiger partial charge in [-0.25, -0.2) is 4.39 Å². The van der Waals surface area contributed by atoms with Gasteiger partial charge in [0.05, 0.1) is 23.4 Å². The third kappa shape index (κ3) is 4.32. The first-order valence-electron chi connectivity index (χ1n) is 8.57. The van der Waals surface area contributed by atoms with E-state index in [2.05, 4.69) is 20.6 Å². The molecule has 146 valence electrons. The predicted octanol–water partition coefficient (Wildman–Crippen LogP) is 2.83. The fourth-order valence-electron chi connectivity index (χ4n) is 2.61. The summed E-state index contributed by atoms with van der Waals surface area (Å²) in [4.78, 5) is 24.3. The largest absolute Gasteiger partial charge is 0.411 e. The standard InChI is InChI=1S/C19H14FN5O3S/c20-14-9-5-4-8-13(14)18-22-23-19(28-18)29-11-16(26)21-15-10-17(27)25(24-15)12-6-2-1-3-7-12/h1-9H,10-11H2,(H,21,24,26). The summed E-state index contributed by atoms with van der Waals surface area (Å²) in [5.41, 5.74) is 0.818. The summed E-state index contributed by atoms with van der Waals surface area (Å²) in [6.45, 7) is 0. The first-order valence-corrected chi connectivity index (χ1v) is 9.55. The minimum atomic E-state index is -0.475. The summed E-state index contributed by atoms with van der Waals surface area (Å²) >= 11 is 1.00. The molecule has 1 aliphatic rings. The number of rotatable bonds is 5. The summed E-state index contributed by atoms with van der Waals surface area (Å²) in [5.74, 6) is -0.806. The first-order chi connectivity index (χ1) is 14.1. The van der Waals surface area contributed by atoms with Gasteiger partial charge in [0, 0.05) is 0 Å². The van der Waals surface area contributed by atoms with Gasteiger partial charge < -0.3 is 9.73 Å². The monoisotopic (exact) mass is 411 g/mol. The van der Waals surface area contributed by atoms with Crippen LogP contribution in [0.1, 0.15) is 6.42 Å². The Morgan fingerprint density at radius 3 is 2.69 bits per heavy atom. The lowest BCUT2D eigenvalue weighted by Crippen LogP contribution is -2.31. The van der Waals surface area contributed by atoms with E-state index in [-0.39, 0.29) is 46.5 Å². The summed E-state index contributed by atoms with van der Waals surface area (Å²) in [6.07, 6.45) is 0.00326. The minimum Gasteiger partial charge on any atom is -0.411 e. The second-order valence-corrected chi connectivity index (χ2v) is 6.88. The van der Waals surface area contributed by atoms with Crippen molar-refractivity contribution in [2.24, 2.45) is 5.10 Å².